The van der Waals surface area contributed by atoms with E-state index in [-0.39, 0.29) is 23.7 Å². The summed E-state index contributed by atoms with van der Waals surface area (Å²) in [5, 5.41) is 3.41. The minimum absolute atomic E-state index is 0.0272. The number of Topliss-reactive ketones (excluding diaryl/α,β-unsaturated/α-hetero) is 2. The summed E-state index contributed by atoms with van der Waals surface area (Å²) in [5.74, 6) is 0.743. The maximum absolute atomic E-state index is 12.9. The lowest BCUT2D eigenvalue weighted by Gasteiger charge is -2.22. The van der Waals surface area contributed by atoms with Crippen molar-refractivity contribution in [3.8, 4) is 5.75 Å². The summed E-state index contributed by atoms with van der Waals surface area (Å²) in [6.45, 7) is 9.11. The summed E-state index contributed by atoms with van der Waals surface area (Å²) in [6.07, 6.45) is 0.853. The van der Waals surface area contributed by atoms with E-state index in [4.69, 9.17) is 4.74 Å². The van der Waals surface area contributed by atoms with Crippen LogP contribution in [-0.4, -0.2) is 29.7 Å². The molecule has 2 rings (SSSR count). The van der Waals surface area contributed by atoms with Gasteiger partial charge in [-0.1, -0.05) is 19.1 Å². The lowest BCUT2D eigenvalue weighted by Crippen LogP contribution is -2.37. The third-order valence-electron chi connectivity index (χ3n) is 4.81. The molecule has 0 radical (unpaired) electrons. The van der Waals surface area contributed by atoms with E-state index in [0.29, 0.717) is 11.3 Å². The molecule has 2 atom stereocenters. The van der Waals surface area contributed by atoms with Crippen molar-refractivity contribution in [2.45, 2.75) is 53.1 Å². The number of ether oxygens (including phenoxy) is 1. The quantitative estimate of drug-likeness (QED) is 0.697. The zero-order valence-corrected chi connectivity index (χ0v) is 16.4. The molecule has 0 saturated carbocycles. The first-order valence-electron chi connectivity index (χ1n) is 8.94. The van der Waals surface area contributed by atoms with E-state index in [1.807, 2.05) is 45.0 Å². The number of ketones is 2. The van der Waals surface area contributed by atoms with Gasteiger partial charge in [-0.3, -0.25) is 9.59 Å². The summed E-state index contributed by atoms with van der Waals surface area (Å²) >= 11 is 0. The Morgan fingerprint density at radius 2 is 1.81 bits per heavy atom. The third-order valence-corrected chi connectivity index (χ3v) is 4.81. The van der Waals surface area contributed by atoms with Gasteiger partial charge in [0.2, 0.25) is 0 Å². The van der Waals surface area contributed by atoms with Gasteiger partial charge in [-0.15, -0.1) is 0 Å². The summed E-state index contributed by atoms with van der Waals surface area (Å²) in [7, 11) is 1.64. The van der Waals surface area contributed by atoms with Crippen LogP contribution in [0.3, 0.4) is 0 Å². The highest BCUT2D eigenvalue weighted by Gasteiger charge is 2.25. The van der Waals surface area contributed by atoms with Crippen LogP contribution in [-0.2, 0) is 0 Å². The molecule has 0 fully saturated rings. The number of rotatable bonds is 8. The number of methoxy groups -OCH3 is 1. The SMILES string of the molecule is CC[C@@H](N[C@@H](C)C(=O)c1[nH]c(C)c(C(C)=O)c1C)c1ccc(OC)cc1. The van der Waals surface area contributed by atoms with Crippen LogP contribution in [0.4, 0.5) is 0 Å². The molecule has 140 valence electrons. The maximum Gasteiger partial charge on any atom is 0.195 e. The second kappa shape index (κ2) is 8.32. The van der Waals surface area contributed by atoms with Crippen LogP contribution in [0.25, 0.3) is 0 Å². The number of aromatic amines is 1. The van der Waals surface area contributed by atoms with E-state index >= 15 is 0 Å². The molecule has 0 aliphatic rings. The monoisotopic (exact) mass is 356 g/mol. The van der Waals surface area contributed by atoms with E-state index in [2.05, 4.69) is 17.2 Å². The molecule has 0 aliphatic heterocycles. The van der Waals surface area contributed by atoms with Gasteiger partial charge in [-0.25, -0.2) is 0 Å². The van der Waals surface area contributed by atoms with Crippen LogP contribution >= 0.6 is 0 Å². The van der Waals surface area contributed by atoms with E-state index in [1.54, 1.807) is 7.11 Å². The van der Waals surface area contributed by atoms with Crippen molar-refractivity contribution >= 4 is 11.6 Å². The first kappa shape index (κ1) is 19.9. The van der Waals surface area contributed by atoms with Crippen LogP contribution in [0.5, 0.6) is 5.75 Å². The highest BCUT2D eigenvalue weighted by molar-refractivity contribution is 6.05. The Hall–Kier alpha value is -2.40. The minimum Gasteiger partial charge on any atom is -0.497 e. The van der Waals surface area contributed by atoms with Crippen molar-refractivity contribution in [3.63, 3.8) is 0 Å². The molecule has 0 unspecified atom stereocenters. The molecule has 2 aromatic rings. The first-order valence-corrected chi connectivity index (χ1v) is 8.94. The van der Waals surface area contributed by atoms with Gasteiger partial charge >= 0.3 is 0 Å². The summed E-state index contributed by atoms with van der Waals surface area (Å²) in [4.78, 5) is 27.8. The lowest BCUT2D eigenvalue weighted by molar-refractivity contribution is 0.0938. The average Bonchev–Trinajstić information content (AvgIpc) is 2.93. The molecule has 1 heterocycles. The highest BCUT2D eigenvalue weighted by atomic mass is 16.5. The molecule has 0 saturated heterocycles. The van der Waals surface area contributed by atoms with Crippen molar-refractivity contribution in [2.24, 2.45) is 0 Å². The third kappa shape index (κ3) is 4.05. The molecular weight excluding hydrogens is 328 g/mol. The van der Waals surface area contributed by atoms with Gasteiger partial charge in [0.15, 0.2) is 11.6 Å². The lowest BCUT2D eigenvalue weighted by atomic mass is 10.00. The van der Waals surface area contributed by atoms with Gasteiger partial charge in [-0.2, -0.15) is 0 Å². The Bertz CT molecular complexity index is 790. The molecule has 5 heteroatoms. The molecule has 0 spiro atoms. The van der Waals surface area contributed by atoms with Crippen LogP contribution in [0.1, 0.15) is 70.9 Å². The van der Waals surface area contributed by atoms with Crippen LogP contribution in [0, 0.1) is 13.8 Å². The van der Waals surface area contributed by atoms with Gasteiger partial charge in [-0.05, 0) is 57.4 Å². The average molecular weight is 356 g/mol. The predicted molar refractivity (Wildman–Crippen MR) is 103 cm³/mol. The van der Waals surface area contributed by atoms with E-state index in [0.717, 1.165) is 29.0 Å². The van der Waals surface area contributed by atoms with Gasteiger partial charge < -0.3 is 15.0 Å². The number of H-pyrrole nitrogens is 1. The molecule has 0 bridgehead atoms. The number of aromatic nitrogens is 1. The van der Waals surface area contributed by atoms with E-state index < -0.39 is 0 Å². The van der Waals surface area contributed by atoms with Crippen LogP contribution in [0.15, 0.2) is 24.3 Å². The summed E-state index contributed by atoms with van der Waals surface area (Å²) < 4.78 is 5.20. The molecule has 1 aromatic heterocycles. The fourth-order valence-corrected chi connectivity index (χ4v) is 3.40. The van der Waals surface area contributed by atoms with Gasteiger partial charge in [0.05, 0.1) is 18.8 Å². The van der Waals surface area contributed by atoms with Gasteiger partial charge in [0.25, 0.3) is 0 Å². The molecule has 2 N–H and O–H groups in total. The molecular formula is C21H28N2O3. The Morgan fingerprint density at radius 1 is 1.19 bits per heavy atom. The maximum atomic E-state index is 12.9. The van der Waals surface area contributed by atoms with Gasteiger partial charge in [0.1, 0.15) is 5.75 Å². The van der Waals surface area contributed by atoms with Crippen molar-refractivity contribution < 1.29 is 14.3 Å². The van der Waals surface area contributed by atoms with E-state index in [1.165, 1.54) is 6.92 Å². The fourth-order valence-electron chi connectivity index (χ4n) is 3.40. The molecule has 1 aromatic carbocycles. The minimum atomic E-state index is -0.376. The largest absolute Gasteiger partial charge is 0.497 e. The van der Waals surface area contributed by atoms with Gasteiger partial charge in [0, 0.05) is 17.3 Å². The Kier molecular flexibility index (Phi) is 6.37. The van der Waals surface area contributed by atoms with Crippen molar-refractivity contribution in [1.82, 2.24) is 10.3 Å². The number of carbonyl (C=O) groups excluding carboxylic acids is 2. The normalized spacial score (nSPS) is 13.3. The van der Waals surface area contributed by atoms with Crippen molar-refractivity contribution in [3.05, 3.63) is 52.3 Å². The van der Waals surface area contributed by atoms with Crippen molar-refractivity contribution in [1.29, 1.82) is 0 Å². The first-order chi connectivity index (χ1) is 12.3. The Balaban J connectivity index is 2.19. The summed E-state index contributed by atoms with van der Waals surface area (Å²) in [6, 6.07) is 7.54. The topological polar surface area (TPSA) is 71.2 Å². The molecule has 26 heavy (non-hydrogen) atoms. The van der Waals surface area contributed by atoms with Crippen LogP contribution in [0.2, 0.25) is 0 Å². The highest BCUT2D eigenvalue weighted by Crippen LogP contribution is 2.23. The Morgan fingerprint density at radius 3 is 2.27 bits per heavy atom. The van der Waals surface area contributed by atoms with Crippen LogP contribution < -0.4 is 10.1 Å². The number of aryl methyl sites for hydroxylation is 1. The zero-order valence-electron chi connectivity index (χ0n) is 16.4. The number of carbonyl (C=O) groups is 2. The van der Waals surface area contributed by atoms with E-state index in [9.17, 15) is 9.59 Å². The molecule has 0 aliphatic carbocycles. The Labute approximate surface area is 155 Å². The van der Waals surface area contributed by atoms with Crippen molar-refractivity contribution in [2.75, 3.05) is 7.11 Å². The number of hydrogen-bond donors (Lipinski definition) is 2. The molecule has 0 amide bonds. The number of hydrogen-bond acceptors (Lipinski definition) is 4. The fraction of sp³-hybridized carbons (Fsp3) is 0.429. The number of benzene rings is 1. The second-order valence-electron chi connectivity index (χ2n) is 6.67. The second-order valence-corrected chi connectivity index (χ2v) is 6.67. The number of nitrogens with one attached hydrogen (secondary N) is 2. The molecule has 5 nitrogen and oxygen atoms in total. The standard InChI is InChI=1S/C21H28N2O3/c1-7-18(16-8-10-17(26-6)11-9-16)22-14(4)21(25)20-12(2)19(15(5)24)13(3)23-20/h8-11,14,18,22-23H,7H2,1-6H3/t14-,18+/m0/s1. The predicted octanol–water partition coefficient (Wildman–Crippen LogP) is 4.15. The summed E-state index contributed by atoms with van der Waals surface area (Å²) in [5.41, 5.74) is 3.70. The smallest absolute Gasteiger partial charge is 0.195 e. The zero-order chi connectivity index (χ0) is 19.4.